The summed E-state index contributed by atoms with van der Waals surface area (Å²) in [6, 6.07) is 10.3. The second kappa shape index (κ2) is 5.42. The van der Waals surface area contributed by atoms with Crippen molar-refractivity contribution in [1.82, 2.24) is 9.78 Å². The lowest BCUT2D eigenvalue weighted by Crippen LogP contribution is -2.20. The molecule has 0 spiro atoms. The highest BCUT2D eigenvalue weighted by Gasteiger charge is 2.32. The summed E-state index contributed by atoms with van der Waals surface area (Å²) in [4.78, 5) is 13.8. The predicted molar refractivity (Wildman–Crippen MR) is 88.0 cm³/mol. The molecule has 2 heterocycles. The molecule has 0 saturated heterocycles. The molecular weight excluding hydrogens is 311 g/mol. The number of aromatic nitrogens is 2. The van der Waals surface area contributed by atoms with Crippen LogP contribution in [0.25, 0.3) is 5.69 Å². The van der Waals surface area contributed by atoms with Crippen LogP contribution < -0.4 is 0 Å². The fraction of sp³-hybridized carbons (Fsp3) is 0.222. The van der Waals surface area contributed by atoms with E-state index in [1.54, 1.807) is 28.2 Å². The average molecular weight is 326 g/mol. The van der Waals surface area contributed by atoms with Gasteiger partial charge in [0, 0.05) is 17.2 Å². The summed E-state index contributed by atoms with van der Waals surface area (Å²) in [6.45, 7) is 1.86. The van der Waals surface area contributed by atoms with Crippen LogP contribution in [-0.2, 0) is 6.42 Å². The summed E-state index contributed by atoms with van der Waals surface area (Å²) in [5.41, 5.74) is 3.21. The highest BCUT2D eigenvalue weighted by molar-refractivity contribution is 7.10. The number of hydrogen-bond donors (Lipinski definition) is 0. The van der Waals surface area contributed by atoms with Gasteiger partial charge in [-0.25, -0.2) is 9.07 Å². The predicted octanol–water partition coefficient (Wildman–Crippen LogP) is 4.29. The van der Waals surface area contributed by atoms with Gasteiger partial charge in [0.05, 0.1) is 22.6 Å². The van der Waals surface area contributed by atoms with Crippen molar-refractivity contribution in [2.45, 2.75) is 25.7 Å². The van der Waals surface area contributed by atoms with Crippen molar-refractivity contribution in [1.29, 1.82) is 0 Å². The van der Waals surface area contributed by atoms with Crippen LogP contribution in [0.2, 0.25) is 0 Å². The maximum absolute atomic E-state index is 13.2. The Morgan fingerprint density at radius 2 is 2.00 bits per heavy atom. The summed E-state index contributed by atoms with van der Waals surface area (Å²) < 4.78 is 15.0. The number of ketones is 1. The number of benzene rings is 1. The molecule has 0 saturated carbocycles. The van der Waals surface area contributed by atoms with Gasteiger partial charge in [-0.1, -0.05) is 6.07 Å². The Kier molecular flexibility index (Phi) is 3.38. The number of hydrogen-bond acceptors (Lipinski definition) is 3. The molecule has 0 fully saturated rings. The molecule has 3 nitrogen and oxygen atoms in total. The number of fused-ring (bicyclic) bond motifs is 1. The van der Waals surface area contributed by atoms with Crippen LogP contribution in [0.1, 0.15) is 39.0 Å². The van der Waals surface area contributed by atoms with Gasteiger partial charge < -0.3 is 0 Å². The van der Waals surface area contributed by atoms with Crippen molar-refractivity contribution in [3.63, 3.8) is 0 Å². The van der Waals surface area contributed by atoms with E-state index in [1.807, 2.05) is 18.4 Å². The Labute approximate surface area is 137 Å². The number of nitrogens with zero attached hydrogens (tertiary/aromatic N) is 2. The molecule has 4 rings (SSSR count). The zero-order chi connectivity index (χ0) is 16.0. The second-order valence-corrected chi connectivity index (χ2v) is 6.82. The average Bonchev–Trinajstić information content (AvgIpc) is 3.16. The minimum atomic E-state index is -0.279. The quantitative estimate of drug-likeness (QED) is 0.704. The molecule has 0 bridgehead atoms. The lowest BCUT2D eigenvalue weighted by molar-refractivity contribution is 0.0963. The molecule has 2 aromatic heterocycles. The van der Waals surface area contributed by atoms with Crippen LogP contribution in [0, 0.1) is 12.7 Å². The van der Waals surface area contributed by atoms with Gasteiger partial charge in [-0.3, -0.25) is 4.79 Å². The van der Waals surface area contributed by atoms with Crippen LogP contribution in [0.3, 0.4) is 0 Å². The molecule has 1 aliphatic carbocycles. The van der Waals surface area contributed by atoms with Gasteiger partial charge in [-0.05, 0) is 49.1 Å². The van der Waals surface area contributed by atoms with E-state index in [2.05, 4.69) is 11.2 Å². The van der Waals surface area contributed by atoms with Crippen molar-refractivity contribution < 1.29 is 9.18 Å². The Hall–Kier alpha value is -2.27. The standard InChI is InChI=1S/C18H15FN2OS/c1-11-18-15(21(20-11)14-6-4-13(19)5-7-14)9-12(10-16(18)22)17-3-2-8-23-17/h2-8,12H,9-10H2,1H3/t12-/m0/s1. The molecule has 116 valence electrons. The van der Waals surface area contributed by atoms with E-state index in [9.17, 15) is 9.18 Å². The van der Waals surface area contributed by atoms with Crippen LogP contribution in [0.5, 0.6) is 0 Å². The van der Waals surface area contributed by atoms with Crippen LogP contribution in [0.4, 0.5) is 4.39 Å². The Morgan fingerprint density at radius 3 is 2.70 bits per heavy atom. The normalized spacial score (nSPS) is 17.3. The van der Waals surface area contributed by atoms with Gasteiger partial charge in [0.1, 0.15) is 5.82 Å². The Bertz CT molecular complexity index is 865. The third-order valence-corrected chi connectivity index (χ3v) is 5.36. The Balaban J connectivity index is 1.81. The first kappa shape index (κ1) is 14.3. The molecule has 23 heavy (non-hydrogen) atoms. The molecule has 0 unspecified atom stereocenters. The summed E-state index contributed by atoms with van der Waals surface area (Å²) >= 11 is 1.69. The molecular formula is C18H15FN2OS. The van der Waals surface area contributed by atoms with Gasteiger partial charge in [0.25, 0.3) is 0 Å². The van der Waals surface area contributed by atoms with E-state index in [-0.39, 0.29) is 17.5 Å². The van der Waals surface area contributed by atoms with E-state index in [0.717, 1.165) is 29.1 Å². The van der Waals surface area contributed by atoms with Crippen LogP contribution >= 0.6 is 11.3 Å². The van der Waals surface area contributed by atoms with E-state index >= 15 is 0 Å². The topological polar surface area (TPSA) is 34.9 Å². The van der Waals surface area contributed by atoms with Crippen molar-refractivity contribution in [3.8, 4) is 5.69 Å². The first-order valence-corrected chi connectivity index (χ1v) is 8.42. The number of aryl methyl sites for hydroxylation is 1. The maximum Gasteiger partial charge on any atom is 0.167 e. The highest BCUT2D eigenvalue weighted by atomic mass is 32.1. The number of halogens is 1. The number of carbonyl (C=O) groups excluding carboxylic acids is 1. The van der Waals surface area contributed by atoms with Crippen molar-refractivity contribution >= 4 is 17.1 Å². The highest BCUT2D eigenvalue weighted by Crippen LogP contribution is 2.36. The zero-order valence-corrected chi connectivity index (χ0v) is 13.4. The van der Waals surface area contributed by atoms with E-state index in [1.165, 1.54) is 17.0 Å². The van der Waals surface area contributed by atoms with Gasteiger partial charge in [0.15, 0.2) is 5.78 Å². The first-order chi connectivity index (χ1) is 11.1. The van der Waals surface area contributed by atoms with E-state index < -0.39 is 0 Å². The smallest absolute Gasteiger partial charge is 0.167 e. The van der Waals surface area contributed by atoms with Gasteiger partial charge >= 0.3 is 0 Å². The van der Waals surface area contributed by atoms with Crippen LogP contribution in [0.15, 0.2) is 41.8 Å². The molecule has 1 aromatic carbocycles. The first-order valence-electron chi connectivity index (χ1n) is 7.54. The summed E-state index contributed by atoms with van der Waals surface area (Å²) in [5, 5.41) is 6.57. The molecule has 1 aliphatic rings. The van der Waals surface area contributed by atoms with Gasteiger partial charge in [-0.2, -0.15) is 5.10 Å². The minimum absolute atomic E-state index is 0.149. The number of thiophene rings is 1. The van der Waals surface area contributed by atoms with Gasteiger partial charge in [-0.15, -0.1) is 11.3 Å². The molecule has 0 aliphatic heterocycles. The maximum atomic E-state index is 13.2. The lowest BCUT2D eigenvalue weighted by Gasteiger charge is -2.21. The van der Waals surface area contributed by atoms with E-state index in [0.29, 0.717) is 6.42 Å². The monoisotopic (exact) mass is 326 g/mol. The number of carbonyl (C=O) groups is 1. The molecule has 0 radical (unpaired) electrons. The molecule has 1 atom stereocenters. The second-order valence-electron chi connectivity index (χ2n) is 5.84. The summed E-state index contributed by atoms with van der Waals surface area (Å²) in [6.07, 6.45) is 1.31. The molecule has 0 N–H and O–H groups in total. The SMILES string of the molecule is Cc1nn(-c2ccc(F)cc2)c2c1C(=O)C[C@@H](c1cccs1)C2. The van der Waals surface area contributed by atoms with Crippen molar-refractivity contribution in [2.75, 3.05) is 0 Å². The third kappa shape index (κ3) is 2.41. The van der Waals surface area contributed by atoms with Crippen molar-refractivity contribution in [2.24, 2.45) is 0 Å². The summed E-state index contributed by atoms with van der Waals surface area (Å²) in [7, 11) is 0. The molecule has 3 aromatic rings. The van der Waals surface area contributed by atoms with Crippen LogP contribution in [-0.4, -0.2) is 15.6 Å². The number of Topliss-reactive ketones (excluding diaryl/α,β-unsaturated/α-hetero) is 1. The fourth-order valence-corrected chi connectivity index (χ4v) is 4.11. The largest absolute Gasteiger partial charge is 0.294 e. The number of rotatable bonds is 2. The van der Waals surface area contributed by atoms with Gasteiger partial charge in [0.2, 0.25) is 0 Å². The fourth-order valence-electron chi connectivity index (χ4n) is 3.28. The lowest BCUT2D eigenvalue weighted by atomic mass is 9.85. The Morgan fingerprint density at radius 1 is 1.22 bits per heavy atom. The molecule has 5 heteroatoms. The van der Waals surface area contributed by atoms with E-state index in [4.69, 9.17) is 0 Å². The van der Waals surface area contributed by atoms with Crippen molar-refractivity contribution in [3.05, 3.63) is 69.4 Å². The minimum Gasteiger partial charge on any atom is -0.294 e. The zero-order valence-electron chi connectivity index (χ0n) is 12.6. The molecule has 0 amide bonds. The third-order valence-electron chi connectivity index (χ3n) is 4.32. The summed E-state index contributed by atoms with van der Waals surface area (Å²) in [5.74, 6) is 0.0693.